The molecular formula is C12H20N4O2. The van der Waals surface area contributed by atoms with Crippen molar-refractivity contribution in [3.05, 3.63) is 18.2 Å². The van der Waals surface area contributed by atoms with Gasteiger partial charge in [0.2, 0.25) is 5.91 Å². The average molecular weight is 252 g/mol. The van der Waals surface area contributed by atoms with E-state index in [9.17, 15) is 4.79 Å². The van der Waals surface area contributed by atoms with Crippen LogP contribution < -0.4 is 5.32 Å². The van der Waals surface area contributed by atoms with Crippen LogP contribution >= 0.6 is 0 Å². The zero-order chi connectivity index (χ0) is 12.8. The van der Waals surface area contributed by atoms with Gasteiger partial charge in [-0.05, 0) is 25.9 Å². The molecule has 1 aromatic heterocycles. The SMILES string of the molecule is CN(Cc1ncc[nH]1)C(=O)COC1CCNCC1. The van der Waals surface area contributed by atoms with E-state index >= 15 is 0 Å². The topological polar surface area (TPSA) is 70.2 Å². The van der Waals surface area contributed by atoms with Gasteiger partial charge < -0.3 is 19.9 Å². The van der Waals surface area contributed by atoms with Crippen LogP contribution in [-0.2, 0) is 16.1 Å². The van der Waals surface area contributed by atoms with Crippen LogP contribution in [0.4, 0.5) is 0 Å². The molecule has 2 heterocycles. The first-order valence-corrected chi connectivity index (χ1v) is 6.30. The molecule has 2 rings (SSSR count). The van der Waals surface area contributed by atoms with Crippen LogP contribution in [0.25, 0.3) is 0 Å². The third-order valence-electron chi connectivity index (χ3n) is 3.10. The van der Waals surface area contributed by atoms with Gasteiger partial charge in [-0.25, -0.2) is 4.98 Å². The molecule has 0 bridgehead atoms. The number of nitrogens with one attached hydrogen (secondary N) is 2. The third kappa shape index (κ3) is 3.82. The number of hydrogen-bond donors (Lipinski definition) is 2. The van der Waals surface area contributed by atoms with Gasteiger partial charge in [0.25, 0.3) is 0 Å². The molecule has 0 aliphatic carbocycles. The first kappa shape index (κ1) is 13.0. The summed E-state index contributed by atoms with van der Waals surface area (Å²) >= 11 is 0. The number of hydrogen-bond acceptors (Lipinski definition) is 4. The molecule has 0 radical (unpaired) electrons. The molecule has 6 heteroatoms. The van der Waals surface area contributed by atoms with Gasteiger partial charge in [-0.3, -0.25) is 4.79 Å². The van der Waals surface area contributed by atoms with Crippen LogP contribution in [0, 0.1) is 0 Å². The van der Waals surface area contributed by atoms with Gasteiger partial charge in [0.15, 0.2) is 0 Å². The van der Waals surface area contributed by atoms with Gasteiger partial charge in [0, 0.05) is 19.4 Å². The number of H-pyrrole nitrogens is 1. The van der Waals surface area contributed by atoms with Gasteiger partial charge >= 0.3 is 0 Å². The lowest BCUT2D eigenvalue weighted by molar-refractivity contribution is -0.138. The molecule has 0 saturated carbocycles. The number of aromatic amines is 1. The normalized spacial score (nSPS) is 16.7. The fourth-order valence-corrected chi connectivity index (χ4v) is 1.96. The van der Waals surface area contributed by atoms with Crippen molar-refractivity contribution in [3.8, 4) is 0 Å². The molecule has 1 aromatic rings. The van der Waals surface area contributed by atoms with E-state index in [2.05, 4.69) is 15.3 Å². The maximum Gasteiger partial charge on any atom is 0.248 e. The number of likely N-dealkylation sites (N-methyl/N-ethyl adjacent to an activating group) is 1. The first-order chi connectivity index (χ1) is 8.75. The number of amides is 1. The summed E-state index contributed by atoms with van der Waals surface area (Å²) in [5, 5.41) is 3.27. The number of carbonyl (C=O) groups excluding carboxylic acids is 1. The predicted octanol–water partition coefficient (Wildman–Crippen LogP) is 0.137. The smallest absolute Gasteiger partial charge is 0.248 e. The highest BCUT2D eigenvalue weighted by molar-refractivity contribution is 5.77. The van der Waals surface area contributed by atoms with Crippen molar-refractivity contribution in [3.63, 3.8) is 0 Å². The Morgan fingerprint density at radius 1 is 1.56 bits per heavy atom. The Morgan fingerprint density at radius 3 is 3.00 bits per heavy atom. The largest absolute Gasteiger partial charge is 0.368 e. The summed E-state index contributed by atoms with van der Waals surface area (Å²) in [6.45, 7) is 2.59. The van der Waals surface area contributed by atoms with Crippen molar-refractivity contribution >= 4 is 5.91 Å². The lowest BCUT2D eigenvalue weighted by Gasteiger charge is -2.24. The highest BCUT2D eigenvalue weighted by Gasteiger charge is 2.16. The van der Waals surface area contributed by atoms with Crippen molar-refractivity contribution in [1.29, 1.82) is 0 Å². The van der Waals surface area contributed by atoms with Gasteiger partial charge in [-0.15, -0.1) is 0 Å². The van der Waals surface area contributed by atoms with E-state index in [0.29, 0.717) is 6.54 Å². The molecule has 0 aromatic carbocycles. The first-order valence-electron chi connectivity index (χ1n) is 6.30. The van der Waals surface area contributed by atoms with Gasteiger partial charge in [0.1, 0.15) is 12.4 Å². The van der Waals surface area contributed by atoms with E-state index in [1.165, 1.54) is 0 Å². The zero-order valence-corrected chi connectivity index (χ0v) is 10.7. The van der Waals surface area contributed by atoms with Crippen LogP contribution in [0.2, 0.25) is 0 Å². The number of aromatic nitrogens is 2. The van der Waals surface area contributed by atoms with E-state index in [-0.39, 0.29) is 18.6 Å². The number of ether oxygens (including phenoxy) is 1. The molecule has 1 fully saturated rings. The molecule has 0 atom stereocenters. The highest BCUT2D eigenvalue weighted by Crippen LogP contribution is 2.07. The van der Waals surface area contributed by atoms with E-state index in [1.54, 1.807) is 24.3 Å². The number of nitrogens with zero attached hydrogens (tertiary/aromatic N) is 2. The maximum atomic E-state index is 11.9. The lowest BCUT2D eigenvalue weighted by atomic mass is 10.1. The fourth-order valence-electron chi connectivity index (χ4n) is 1.96. The molecule has 6 nitrogen and oxygen atoms in total. The highest BCUT2D eigenvalue weighted by atomic mass is 16.5. The minimum Gasteiger partial charge on any atom is -0.368 e. The van der Waals surface area contributed by atoms with Crippen molar-refractivity contribution in [2.45, 2.75) is 25.5 Å². The molecule has 18 heavy (non-hydrogen) atoms. The minimum atomic E-state index is -0.00932. The molecule has 1 saturated heterocycles. The van der Waals surface area contributed by atoms with Gasteiger partial charge in [-0.1, -0.05) is 0 Å². The average Bonchev–Trinajstić information content (AvgIpc) is 2.90. The minimum absolute atomic E-state index is 0.00932. The summed E-state index contributed by atoms with van der Waals surface area (Å²) in [5.74, 6) is 0.776. The van der Waals surface area contributed by atoms with Gasteiger partial charge in [-0.2, -0.15) is 0 Å². The molecular weight excluding hydrogens is 232 g/mol. The standard InChI is InChI=1S/C12H20N4O2/c1-16(8-11-14-6-7-15-11)12(17)9-18-10-2-4-13-5-3-10/h6-7,10,13H,2-5,8-9H2,1H3,(H,14,15). The summed E-state index contributed by atoms with van der Waals surface area (Å²) in [7, 11) is 1.76. The van der Waals surface area contributed by atoms with Crippen molar-refractivity contribution in [2.24, 2.45) is 0 Å². The third-order valence-corrected chi connectivity index (χ3v) is 3.10. The Morgan fingerprint density at radius 2 is 2.33 bits per heavy atom. The second-order valence-electron chi connectivity index (χ2n) is 4.55. The predicted molar refractivity (Wildman–Crippen MR) is 66.9 cm³/mol. The van der Waals surface area contributed by atoms with Crippen molar-refractivity contribution in [1.82, 2.24) is 20.2 Å². The quantitative estimate of drug-likeness (QED) is 0.782. The number of imidazole rings is 1. The van der Waals surface area contributed by atoms with Gasteiger partial charge in [0.05, 0.1) is 12.6 Å². The van der Waals surface area contributed by atoms with E-state index in [0.717, 1.165) is 31.8 Å². The van der Waals surface area contributed by atoms with Crippen molar-refractivity contribution < 1.29 is 9.53 Å². The molecule has 100 valence electrons. The Hall–Kier alpha value is -1.40. The summed E-state index contributed by atoms with van der Waals surface area (Å²) in [4.78, 5) is 20.5. The second-order valence-corrected chi connectivity index (χ2v) is 4.55. The molecule has 0 spiro atoms. The molecule has 0 unspecified atom stereocenters. The second kappa shape index (κ2) is 6.51. The maximum absolute atomic E-state index is 11.9. The molecule has 1 amide bonds. The van der Waals surface area contributed by atoms with Crippen LogP contribution in [0.15, 0.2) is 12.4 Å². The summed E-state index contributed by atoms with van der Waals surface area (Å²) in [6, 6.07) is 0. The zero-order valence-electron chi connectivity index (χ0n) is 10.7. The summed E-state index contributed by atoms with van der Waals surface area (Å²) in [5.41, 5.74) is 0. The Balaban J connectivity index is 1.70. The molecule has 2 N–H and O–H groups in total. The summed E-state index contributed by atoms with van der Waals surface area (Å²) < 4.78 is 5.62. The van der Waals surface area contributed by atoms with Crippen LogP contribution in [-0.4, -0.2) is 53.6 Å². The number of rotatable bonds is 5. The van der Waals surface area contributed by atoms with E-state index < -0.39 is 0 Å². The fraction of sp³-hybridized carbons (Fsp3) is 0.667. The summed E-state index contributed by atoms with van der Waals surface area (Å²) in [6.07, 6.45) is 5.61. The lowest BCUT2D eigenvalue weighted by Crippen LogP contribution is -2.36. The Bertz CT molecular complexity index is 360. The molecule has 1 aliphatic rings. The Labute approximate surface area is 107 Å². The molecule has 1 aliphatic heterocycles. The number of carbonyl (C=O) groups is 1. The van der Waals surface area contributed by atoms with E-state index in [1.807, 2.05) is 0 Å². The van der Waals surface area contributed by atoms with Crippen LogP contribution in [0.5, 0.6) is 0 Å². The van der Waals surface area contributed by atoms with E-state index in [4.69, 9.17) is 4.74 Å². The monoisotopic (exact) mass is 252 g/mol. The van der Waals surface area contributed by atoms with Crippen LogP contribution in [0.1, 0.15) is 18.7 Å². The number of piperidine rings is 1. The Kier molecular flexibility index (Phi) is 4.72. The van der Waals surface area contributed by atoms with Crippen LogP contribution in [0.3, 0.4) is 0 Å². The van der Waals surface area contributed by atoms with Crippen molar-refractivity contribution in [2.75, 3.05) is 26.7 Å².